The van der Waals surface area contributed by atoms with Gasteiger partial charge in [-0.1, -0.05) is 11.3 Å². The first-order chi connectivity index (χ1) is 9.27. The van der Waals surface area contributed by atoms with Crippen LogP contribution in [-0.2, 0) is 9.84 Å². The molecule has 0 saturated carbocycles. The maximum Gasteiger partial charge on any atom is 0.189 e. The molecule has 0 aliphatic carbocycles. The predicted molar refractivity (Wildman–Crippen MR) is 83.3 cm³/mol. The van der Waals surface area contributed by atoms with Crippen LogP contribution in [0.1, 0.15) is 28.7 Å². The summed E-state index contributed by atoms with van der Waals surface area (Å²) >= 11 is 6.37. The van der Waals surface area contributed by atoms with Crippen LogP contribution in [0.15, 0.2) is 0 Å². The van der Waals surface area contributed by atoms with Crippen molar-refractivity contribution in [3.8, 4) is 0 Å². The van der Waals surface area contributed by atoms with E-state index < -0.39 is 9.84 Å². The molecule has 0 bridgehead atoms. The number of aromatic nitrogens is 1. The molecule has 0 amide bonds. The molecule has 2 N–H and O–H groups in total. The predicted octanol–water partition coefficient (Wildman–Crippen LogP) is 1.13. The zero-order chi connectivity index (χ0) is 14.9. The van der Waals surface area contributed by atoms with Crippen molar-refractivity contribution in [2.24, 2.45) is 0 Å². The number of thiazole rings is 1. The Kier molecular flexibility index (Phi) is 4.40. The lowest BCUT2D eigenvalue weighted by molar-refractivity contribution is 0.102. The summed E-state index contributed by atoms with van der Waals surface area (Å²) in [6.07, 6.45) is 0.555. The van der Waals surface area contributed by atoms with Crippen molar-refractivity contribution < 1.29 is 13.2 Å². The standard InChI is InChI=1S/C11H15N3O3S3/c1-6-9(7(2)15)19-11(12-6)14-10(18)13-8-3-4-20(16,17)5-8/h8H,3-5H2,1-2H3,(H2,12,13,14,18)/t8-/m1/s1. The molecule has 1 aliphatic rings. The van der Waals surface area contributed by atoms with Crippen LogP contribution in [0.25, 0.3) is 0 Å². The highest BCUT2D eigenvalue weighted by molar-refractivity contribution is 7.91. The van der Waals surface area contributed by atoms with Crippen LogP contribution in [0.5, 0.6) is 0 Å². The van der Waals surface area contributed by atoms with Gasteiger partial charge in [-0.25, -0.2) is 13.4 Å². The zero-order valence-electron chi connectivity index (χ0n) is 11.1. The largest absolute Gasteiger partial charge is 0.359 e. The number of thiocarbonyl (C=S) groups is 1. The fraction of sp³-hybridized carbons (Fsp3) is 0.545. The van der Waals surface area contributed by atoms with E-state index in [9.17, 15) is 13.2 Å². The number of hydrogen-bond acceptors (Lipinski definition) is 6. The third kappa shape index (κ3) is 3.74. The number of rotatable bonds is 3. The van der Waals surface area contributed by atoms with Crippen LogP contribution >= 0.6 is 23.6 Å². The second-order valence-corrected chi connectivity index (χ2v) is 8.32. The summed E-state index contributed by atoms with van der Waals surface area (Å²) in [5.41, 5.74) is 0.663. The highest BCUT2D eigenvalue weighted by Gasteiger charge is 2.28. The Bertz CT molecular complexity index is 651. The molecule has 9 heteroatoms. The first-order valence-corrected chi connectivity index (χ1v) is 9.08. The van der Waals surface area contributed by atoms with Crippen molar-refractivity contribution in [3.63, 3.8) is 0 Å². The van der Waals surface area contributed by atoms with Gasteiger partial charge in [0, 0.05) is 13.0 Å². The van der Waals surface area contributed by atoms with Crippen molar-refractivity contribution in [3.05, 3.63) is 10.6 Å². The average molecular weight is 333 g/mol. The van der Waals surface area contributed by atoms with Crippen molar-refractivity contribution in [1.29, 1.82) is 0 Å². The van der Waals surface area contributed by atoms with E-state index in [0.717, 1.165) is 0 Å². The lowest BCUT2D eigenvalue weighted by Crippen LogP contribution is -2.38. The van der Waals surface area contributed by atoms with Crippen molar-refractivity contribution in [2.45, 2.75) is 26.3 Å². The van der Waals surface area contributed by atoms with Gasteiger partial charge < -0.3 is 10.6 Å². The molecule has 1 aromatic heterocycles. The minimum Gasteiger partial charge on any atom is -0.359 e. The molecule has 1 atom stereocenters. The van der Waals surface area contributed by atoms with E-state index in [2.05, 4.69) is 15.6 Å². The monoisotopic (exact) mass is 333 g/mol. The van der Waals surface area contributed by atoms with Gasteiger partial charge in [-0.2, -0.15) is 0 Å². The average Bonchev–Trinajstić information content (AvgIpc) is 2.81. The zero-order valence-corrected chi connectivity index (χ0v) is 13.5. The highest BCUT2D eigenvalue weighted by atomic mass is 32.2. The van der Waals surface area contributed by atoms with Crippen LogP contribution in [0.3, 0.4) is 0 Å². The van der Waals surface area contributed by atoms with Crippen molar-refractivity contribution >= 4 is 49.4 Å². The summed E-state index contributed by atoms with van der Waals surface area (Å²) in [7, 11) is -2.94. The van der Waals surface area contributed by atoms with Crippen LogP contribution in [0.4, 0.5) is 5.13 Å². The van der Waals surface area contributed by atoms with Gasteiger partial charge in [0.15, 0.2) is 25.9 Å². The lowest BCUT2D eigenvalue weighted by Gasteiger charge is -2.13. The molecular weight excluding hydrogens is 318 g/mol. The van der Waals surface area contributed by atoms with Gasteiger partial charge in [0.2, 0.25) is 0 Å². The molecule has 0 radical (unpaired) electrons. The molecule has 2 rings (SSSR count). The summed E-state index contributed by atoms with van der Waals surface area (Å²) < 4.78 is 22.7. The minimum absolute atomic E-state index is 0.0335. The summed E-state index contributed by atoms with van der Waals surface area (Å²) in [6, 6.07) is -0.159. The van der Waals surface area contributed by atoms with Gasteiger partial charge in [-0.3, -0.25) is 4.79 Å². The first kappa shape index (κ1) is 15.3. The number of hydrogen-bond donors (Lipinski definition) is 2. The third-order valence-electron chi connectivity index (χ3n) is 2.90. The Hall–Kier alpha value is -1.06. The van der Waals surface area contributed by atoms with E-state index in [-0.39, 0.29) is 23.3 Å². The number of ketones is 1. The molecule has 20 heavy (non-hydrogen) atoms. The fourth-order valence-electron chi connectivity index (χ4n) is 2.00. The van der Waals surface area contributed by atoms with Gasteiger partial charge in [0.1, 0.15) is 0 Å². The number of nitrogens with one attached hydrogen (secondary N) is 2. The van der Waals surface area contributed by atoms with Crippen LogP contribution in [-0.4, -0.2) is 41.8 Å². The summed E-state index contributed by atoms with van der Waals surface area (Å²) in [4.78, 5) is 16.2. The second kappa shape index (κ2) is 5.74. The van der Waals surface area contributed by atoms with Crippen LogP contribution in [0.2, 0.25) is 0 Å². The molecule has 0 aromatic carbocycles. The van der Waals surface area contributed by atoms with Gasteiger partial charge >= 0.3 is 0 Å². The van der Waals surface area contributed by atoms with E-state index in [0.29, 0.717) is 27.2 Å². The Morgan fingerprint density at radius 3 is 2.70 bits per heavy atom. The number of anilines is 1. The second-order valence-electron chi connectivity index (χ2n) is 4.69. The summed E-state index contributed by atoms with van der Waals surface area (Å²) in [6.45, 7) is 3.25. The molecule has 2 heterocycles. The number of nitrogens with zero attached hydrogens (tertiary/aromatic N) is 1. The molecule has 1 fully saturated rings. The van der Waals surface area contributed by atoms with E-state index in [1.54, 1.807) is 6.92 Å². The molecule has 1 aromatic rings. The smallest absolute Gasteiger partial charge is 0.189 e. The van der Waals surface area contributed by atoms with E-state index >= 15 is 0 Å². The number of sulfone groups is 1. The van der Waals surface area contributed by atoms with Gasteiger partial charge in [0.05, 0.1) is 22.1 Å². The Morgan fingerprint density at radius 2 is 2.20 bits per heavy atom. The minimum atomic E-state index is -2.94. The maximum absolute atomic E-state index is 11.4. The van der Waals surface area contributed by atoms with Gasteiger partial charge in [-0.15, -0.1) is 0 Å². The van der Waals surface area contributed by atoms with E-state index in [4.69, 9.17) is 12.2 Å². The normalized spacial score (nSPS) is 20.6. The van der Waals surface area contributed by atoms with Crippen molar-refractivity contribution in [2.75, 3.05) is 16.8 Å². The summed E-state index contributed by atoms with van der Waals surface area (Å²) in [5.74, 6) is 0.261. The van der Waals surface area contributed by atoms with Crippen LogP contribution in [0, 0.1) is 6.92 Å². The lowest BCUT2D eigenvalue weighted by atomic mass is 10.3. The third-order valence-corrected chi connectivity index (χ3v) is 6.07. The van der Waals surface area contributed by atoms with Gasteiger partial charge in [0.25, 0.3) is 0 Å². The topological polar surface area (TPSA) is 88.2 Å². The molecule has 6 nitrogen and oxygen atoms in total. The fourth-order valence-corrected chi connectivity index (χ4v) is 4.87. The Labute approximate surface area is 126 Å². The molecule has 110 valence electrons. The first-order valence-electron chi connectivity index (χ1n) is 6.03. The van der Waals surface area contributed by atoms with E-state index in [1.807, 2.05) is 0 Å². The van der Waals surface area contributed by atoms with Gasteiger partial charge in [-0.05, 0) is 25.6 Å². The van der Waals surface area contributed by atoms with Crippen LogP contribution < -0.4 is 10.6 Å². The quantitative estimate of drug-likeness (QED) is 0.633. The number of carbonyl (C=O) groups excluding carboxylic acids is 1. The number of aryl methyl sites for hydroxylation is 1. The molecule has 1 aliphatic heterocycles. The maximum atomic E-state index is 11.4. The SMILES string of the molecule is CC(=O)c1sc(NC(=S)N[C@@H]2CCS(=O)(=O)C2)nc1C. The molecule has 0 unspecified atom stereocenters. The Balaban J connectivity index is 1.95. The number of Topliss-reactive ketones (excluding diaryl/α,β-unsaturated/α-hetero) is 1. The van der Waals surface area contributed by atoms with Crippen molar-refractivity contribution in [1.82, 2.24) is 10.3 Å². The molecular formula is C11H15N3O3S3. The highest BCUT2D eigenvalue weighted by Crippen LogP contribution is 2.23. The Morgan fingerprint density at radius 1 is 1.50 bits per heavy atom. The molecule has 1 saturated heterocycles. The molecule has 0 spiro atoms. The number of carbonyl (C=O) groups is 1. The summed E-state index contributed by atoms with van der Waals surface area (Å²) in [5, 5.41) is 6.72. The van der Waals surface area contributed by atoms with E-state index in [1.165, 1.54) is 18.3 Å².